The molecule has 0 fully saturated rings. The second-order valence-electron chi connectivity index (χ2n) is 4.64. The van der Waals surface area contributed by atoms with Crippen LogP contribution in [0.2, 0.25) is 0 Å². The largest absolute Gasteiger partial charge is 0.477 e. The monoisotopic (exact) mass is 290 g/mol. The number of aromatic carboxylic acids is 1. The average molecular weight is 290 g/mol. The highest BCUT2D eigenvalue weighted by Gasteiger charge is 2.11. The number of pyridine rings is 1. The summed E-state index contributed by atoms with van der Waals surface area (Å²) in [5.41, 5.74) is 2.06. The molecule has 0 bridgehead atoms. The van der Waals surface area contributed by atoms with Gasteiger partial charge < -0.3 is 5.11 Å². The Hall–Kier alpha value is -1.72. The zero-order valence-electron chi connectivity index (χ0n) is 11.7. The molecule has 1 N–H and O–H groups in total. The van der Waals surface area contributed by atoms with Gasteiger partial charge in [0, 0.05) is 23.7 Å². The molecule has 0 aliphatic heterocycles. The van der Waals surface area contributed by atoms with Gasteiger partial charge in [0.1, 0.15) is 4.88 Å². The van der Waals surface area contributed by atoms with Gasteiger partial charge in [0.25, 0.3) is 0 Å². The van der Waals surface area contributed by atoms with E-state index < -0.39 is 5.97 Å². The molecule has 0 unspecified atom stereocenters. The molecule has 5 heteroatoms. The fraction of sp³-hybridized carbons (Fsp3) is 0.333. The van der Waals surface area contributed by atoms with Crippen molar-refractivity contribution in [3.63, 3.8) is 0 Å². The lowest BCUT2D eigenvalue weighted by atomic mass is 10.3. The Labute approximate surface area is 122 Å². The van der Waals surface area contributed by atoms with E-state index in [1.165, 1.54) is 11.3 Å². The molecule has 2 heterocycles. The summed E-state index contributed by atoms with van der Waals surface area (Å²) >= 11 is 1.34. The molecule has 0 aromatic carbocycles. The zero-order chi connectivity index (χ0) is 14.5. The fourth-order valence-corrected chi connectivity index (χ4v) is 2.88. The van der Waals surface area contributed by atoms with Gasteiger partial charge in [-0.15, -0.1) is 11.3 Å². The van der Waals surface area contributed by atoms with Crippen LogP contribution in [0, 0.1) is 6.92 Å². The topological polar surface area (TPSA) is 53.4 Å². The van der Waals surface area contributed by atoms with Crippen LogP contribution in [0.15, 0.2) is 30.3 Å². The number of thiophene rings is 1. The molecule has 0 saturated carbocycles. The molecule has 2 rings (SSSR count). The van der Waals surface area contributed by atoms with Gasteiger partial charge in [0.05, 0.1) is 5.69 Å². The van der Waals surface area contributed by atoms with E-state index in [-0.39, 0.29) is 0 Å². The number of carboxylic acids is 1. The second-order valence-corrected chi connectivity index (χ2v) is 5.81. The molecule has 0 amide bonds. The molecule has 0 atom stereocenters. The van der Waals surface area contributed by atoms with Gasteiger partial charge in [0.15, 0.2) is 0 Å². The Bertz CT molecular complexity index is 595. The quantitative estimate of drug-likeness (QED) is 0.888. The molecule has 2 aromatic heterocycles. The average Bonchev–Trinajstić information content (AvgIpc) is 2.87. The van der Waals surface area contributed by atoms with Gasteiger partial charge in [-0.25, -0.2) is 4.79 Å². The van der Waals surface area contributed by atoms with Crippen molar-refractivity contribution in [1.29, 1.82) is 0 Å². The van der Waals surface area contributed by atoms with Gasteiger partial charge in [0.2, 0.25) is 0 Å². The van der Waals surface area contributed by atoms with Crippen molar-refractivity contribution < 1.29 is 9.90 Å². The van der Waals surface area contributed by atoms with Gasteiger partial charge in [-0.3, -0.25) is 9.88 Å². The van der Waals surface area contributed by atoms with Crippen LogP contribution in [0.4, 0.5) is 0 Å². The van der Waals surface area contributed by atoms with Gasteiger partial charge in [-0.2, -0.15) is 0 Å². The van der Waals surface area contributed by atoms with Crippen LogP contribution >= 0.6 is 11.3 Å². The van der Waals surface area contributed by atoms with Crippen molar-refractivity contribution in [2.45, 2.75) is 26.9 Å². The number of hydrogen-bond acceptors (Lipinski definition) is 4. The minimum atomic E-state index is -0.857. The summed E-state index contributed by atoms with van der Waals surface area (Å²) in [5, 5.41) is 8.94. The van der Waals surface area contributed by atoms with Crippen LogP contribution in [0.3, 0.4) is 0 Å². The predicted octanol–water partition coefficient (Wildman–Crippen LogP) is 3.17. The normalized spacial score (nSPS) is 10.9. The number of carbonyl (C=O) groups is 1. The van der Waals surface area contributed by atoms with E-state index in [2.05, 4.69) is 16.8 Å². The van der Waals surface area contributed by atoms with Gasteiger partial charge in [-0.1, -0.05) is 13.0 Å². The van der Waals surface area contributed by atoms with E-state index >= 15 is 0 Å². The van der Waals surface area contributed by atoms with Crippen molar-refractivity contribution >= 4 is 17.3 Å². The lowest BCUT2D eigenvalue weighted by molar-refractivity contribution is 0.0702. The molecule has 20 heavy (non-hydrogen) atoms. The first-order chi connectivity index (χ1) is 9.58. The number of carboxylic acid groups (broad SMARTS) is 1. The summed E-state index contributed by atoms with van der Waals surface area (Å²) in [5.74, 6) is -0.857. The number of aromatic nitrogens is 1. The van der Waals surface area contributed by atoms with Crippen LogP contribution in [0.5, 0.6) is 0 Å². The molecule has 0 saturated heterocycles. The summed E-state index contributed by atoms with van der Waals surface area (Å²) in [4.78, 5) is 19.1. The highest BCUT2D eigenvalue weighted by atomic mass is 32.1. The number of hydrogen-bond donors (Lipinski definition) is 1. The van der Waals surface area contributed by atoms with Gasteiger partial charge in [-0.05, 0) is 37.7 Å². The number of rotatable bonds is 6. The maximum atomic E-state index is 10.9. The highest BCUT2D eigenvalue weighted by Crippen LogP contribution is 2.19. The van der Waals surface area contributed by atoms with E-state index in [1.54, 1.807) is 6.07 Å². The third-order valence-electron chi connectivity index (χ3n) is 3.03. The zero-order valence-corrected chi connectivity index (χ0v) is 12.5. The molecule has 4 nitrogen and oxygen atoms in total. The second kappa shape index (κ2) is 6.63. The van der Waals surface area contributed by atoms with Crippen LogP contribution in [0.1, 0.15) is 32.9 Å². The van der Waals surface area contributed by atoms with E-state index in [4.69, 9.17) is 5.11 Å². The third kappa shape index (κ3) is 3.88. The van der Waals surface area contributed by atoms with Crippen LogP contribution in [-0.2, 0) is 13.1 Å². The minimum absolute atomic E-state index is 0.393. The third-order valence-corrected chi connectivity index (χ3v) is 4.09. The smallest absolute Gasteiger partial charge is 0.345 e. The maximum absolute atomic E-state index is 10.9. The van der Waals surface area contributed by atoms with Gasteiger partial charge >= 0.3 is 5.97 Å². The van der Waals surface area contributed by atoms with Crippen LogP contribution in [0.25, 0.3) is 0 Å². The predicted molar refractivity (Wildman–Crippen MR) is 80.0 cm³/mol. The van der Waals surface area contributed by atoms with E-state index in [0.29, 0.717) is 4.88 Å². The Morgan fingerprint density at radius 1 is 1.30 bits per heavy atom. The SMILES string of the molecule is CCN(Cc1cccc(C)n1)Cc1ccc(C(=O)O)s1. The molecule has 0 radical (unpaired) electrons. The Morgan fingerprint density at radius 3 is 2.70 bits per heavy atom. The molecular formula is C15H18N2O2S. The Morgan fingerprint density at radius 2 is 2.10 bits per heavy atom. The first kappa shape index (κ1) is 14.7. The molecule has 0 aliphatic rings. The van der Waals surface area contributed by atoms with Crippen molar-refractivity contribution in [3.8, 4) is 0 Å². The van der Waals surface area contributed by atoms with Crippen LogP contribution in [-0.4, -0.2) is 27.5 Å². The minimum Gasteiger partial charge on any atom is -0.477 e. The number of nitrogens with zero attached hydrogens (tertiary/aromatic N) is 2. The molecule has 106 valence electrons. The van der Waals surface area contributed by atoms with E-state index in [9.17, 15) is 4.79 Å². The molecular weight excluding hydrogens is 272 g/mol. The molecule has 0 aliphatic carbocycles. The first-order valence-electron chi connectivity index (χ1n) is 6.55. The lowest BCUT2D eigenvalue weighted by Gasteiger charge is -2.19. The van der Waals surface area contributed by atoms with Crippen molar-refractivity contribution in [1.82, 2.24) is 9.88 Å². The fourth-order valence-electron chi connectivity index (χ4n) is 1.99. The summed E-state index contributed by atoms with van der Waals surface area (Å²) in [6.07, 6.45) is 0. The van der Waals surface area contributed by atoms with E-state index in [1.807, 2.05) is 31.2 Å². The van der Waals surface area contributed by atoms with Crippen molar-refractivity contribution in [2.75, 3.05) is 6.54 Å². The first-order valence-corrected chi connectivity index (χ1v) is 7.37. The van der Waals surface area contributed by atoms with E-state index in [0.717, 1.165) is 35.9 Å². The standard InChI is InChI=1S/C15H18N2O2S/c1-3-17(9-12-6-4-5-11(2)16-12)10-13-7-8-14(20-13)15(18)19/h4-8H,3,9-10H2,1-2H3,(H,18,19). The molecule has 2 aromatic rings. The lowest BCUT2D eigenvalue weighted by Crippen LogP contribution is -2.22. The summed E-state index contributed by atoms with van der Waals surface area (Å²) in [6.45, 7) is 6.51. The van der Waals surface area contributed by atoms with Crippen molar-refractivity contribution in [3.05, 3.63) is 51.5 Å². The summed E-state index contributed by atoms with van der Waals surface area (Å²) < 4.78 is 0. The summed E-state index contributed by atoms with van der Waals surface area (Å²) in [7, 11) is 0. The van der Waals surface area contributed by atoms with Crippen LogP contribution < -0.4 is 0 Å². The highest BCUT2D eigenvalue weighted by molar-refractivity contribution is 7.13. The maximum Gasteiger partial charge on any atom is 0.345 e. The van der Waals surface area contributed by atoms with Crippen molar-refractivity contribution in [2.24, 2.45) is 0 Å². The molecule has 0 spiro atoms. The Balaban J connectivity index is 2.03. The summed E-state index contributed by atoms with van der Waals surface area (Å²) in [6, 6.07) is 9.58. The Kier molecular flexibility index (Phi) is 4.87. The number of aryl methyl sites for hydroxylation is 1.